The highest BCUT2D eigenvalue weighted by Crippen LogP contribution is 2.29. The summed E-state index contributed by atoms with van der Waals surface area (Å²) >= 11 is 0. The van der Waals surface area contributed by atoms with Crippen LogP contribution < -0.4 is 10.2 Å². The molecule has 0 saturated carbocycles. The quantitative estimate of drug-likeness (QED) is 0.760. The Hall–Kier alpha value is -1.11. The third-order valence-electron chi connectivity index (χ3n) is 2.91. The molecule has 1 aromatic carbocycles. The van der Waals surface area contributed by atoms with Gasteiger partial charge in [-0.1, -0.05) is 12.1 Å². The highest BCUT2D eigenvalue weighted by atomic mass is 32.2. The monoisotopic (exact) mass is 256 g/mol. The summed E-state index contributed by atoms with van der Waals surface area (Å²) in [6.07, 6.45) is 0. The number of anilines is 1. The van der Waals surface area contributed by atoms with Crippen molar-refractivity contribution >= 4 is 15.8 Å². The molecule has 1 heterocycles. The van der Waals surface area contributed by atoms with Crippen LogP contribution in [0.25, 0.3) is 0 Å². The van der Waals surface area contributed by atoms with Gasteiger partial charge in [0.05, 0.1) is 5.69 Å². The minimum atomic E-state index is -4.17. The van der Waals surface area contributed by atoms with Crippen molar-refractivity contribution in [1.29, 1.82) is 0 Å². The molecule has 1 aliphatic rings. The number of para-hydroxylation sites is 1. The van der Waals surface area contributed by atoms with Crippen LogP contribution in [-0.4, -0.2) is 39.1 Å². The molecular formula is C11H16N2O3S. The standard InChI is InChI=1S/C11H16N2O3S/c1-9-3-2-4-10(17(14,15)16)11(9)13-7-5-12-6-8-13/h2-4,12H,5-8H2,1H3,(H,14,15,16). The second-order valence-corrected chi connectivity index (χ2v) is 5.52. The third-order valence-corrected chi connectivity index (χ3v) is 3.80. The predicted molar refractivity (Wildman–Crippen MR) is 66.1 cm³/mol. The third kappa shape index (κ3) is 2.59. The van der Waals surface area contributed by atoms with E-state index >= 15 is 0 Å². The van der Waals surface area contributed by atoms with Crippen molar-refractivity contribution in [2.75, 3.05) is 31.1 Å². The van der Waals surface area contributed by atoms with E-state index in [2.05, 4.69) is 5.32 Å². The van der Waals surface area contributed by atoms with E-state index in [4.69, 9.17) is 0 Å². The molecule has 1 aliphatic heterocycles. The van der Waals surface area contributed by atoms with Gasteiger partial charge < -0.3 is 10.2 Å². The highest BCUT2D eigenvalue weighted by molar-refractivity contribution is 7.86. The van der Waals surface area contributed by atoms with Gasteiger partial charge >= 0.3 is 0 Å². The van der Waals surface area contributed by atoms with Crippen LogP contribution in [0.5, 0.6) is 0 Å². The molecule has 1 fully saturated rings. The molecular weight excluding hydrogens is 240 g/mol. The number of benzene rings is 1. The Balaban J connectivity index is 2.50. The van der Waals surface area contributed by atoms with Gasteiger partial charge in [-0.05, 0) is 18.6 Å². The number of hydrogen-bond acceptors (Lipinski definition) is 4. The average Bonchev–Trinajstić information content (AvgIpc) is 2.28. The van der Waals surface area contributed by atoms with E-state index in [-0.39, 0.29) is 4.90 Å². The molecule has 2 N–H and O–H groups in total. The molecule has 0 bridgehead atoms. The van der Waals surface area contributed by atoms with E-state index in [0.717, 1.165) is 31.7 Å². The first-order valence-electron chi connectivity index (χ1n) is 5.53. The lowest BCUT2D eigenvalue weighted by Crippen LogP contribution is -2.44. The van der Waals surface area contributed by atoms with Gasteiger partial charge in [-0.25, -0.2) is 0 Å². The van der Waals surface area contributed by atoms with Crippen LogP contribution in [0.15, 0.2) is 23.1 Å². The Kier molecular flexibility index (Phi) is 3.37. The van der Waals surface area contributed by atoms with Crippen molar-refractivity contribution in [1.82, 2.24) is 5.32 Å². The molecule has 0 radical (unpaired) electrons. The lowest BCUT2D eigenvalue weighted by Gasteiger charge is -2.31. The van der Waals surface area contributed by atoms with E-state index in [1.807, 2.05) is 17.9 Å². The maximum Gasteiger partial charge on any atom is 0.296 e. The first-order chi connectivity index (χ1) is 8.00. The Bertz CT molecular complexity index is 507. The maximum absolute atomic E-state index is 11.4. The summed E-state index contributed by atoms with van der Waals surface area (Å²) in [6, 6.07) is 4.94. The van der Waals surface area contributed by atoms with Crippen LogP contribution in [0.3, 0.4) is 0 Å². The van der Waals surface area contributed by atoms with Crippen molar-refractivity contribution in [2.24, 2.45) is 0 Å². The molecule has 0 spiro atoms. The van der Waals surface area contributed by atoms with Crippen LogP contribution in [-0.2, 0) is 10.1 Å². The summed E-state index contributed by atoms with van der Waals surface area (Å²) in [7, 11) is -4.17. The molecule has 1 aromatic rings. The van der Waals surface area contributed by atoms with Crippen molar-refractivity contribution in [2.45, 2.75) is 11.8 Å². The SMILES string of the molecule is Cc1cccc(S(=O)(=O)O)c1N1CCNCC1. The van der Waals surface area contributed by atoms with Gasteiger partial charge in [0, 0.05) is 26.2 Å². The summed E-state index contributed by atoms with van der Waals surface area (Å²) in [5.74, 6) is 0. The maximum atomic E-state index is 11.4. The van der Waals surface area contributed by atoms with Gasteiger partial charge in [-0.15, -0.1) is 0 Å². The predicted octanol–water partition coefficient (Wildman–Crippen LogP) is 0.651. The molecule has 0 unspecified atom stereocenters. The largest absolute Gasteiger partial charge is 0.368 e. The minimum Gasteiger partial charge on any atom is -0.368 e. The molecule has 5 nitrogen and oxygen atoms in total. The summed E-state index contributed by atoms with van der Waals surface area (Å²) in [5, 5.41) is 3.21. The van der Waals surface area contributed by atoms with Crippen molar-refractivity contribution < 1.29 is 13.0 Å². The zero-order valence-electron chi connectivity index (χ0n) is 9.68. The van der Waals surface area contributed by atoms with Gasteiger partial charge in [0.15, 0.2) is 0 Å². The smallest absolute Gasteiger partial charge is 0.296 e. The Labute approximate surface area is 101 Å². The van der Waals surface area contributed by atoms with Crippen LogP contribution in [0.1, 0.15) is 5.56 Å². The molecule has 2 rings (SSSR count). The zero-order valence-corrected chi connectivity index (χ0v) is 10.5. The normalized spacial score (nSPS) is 17.2. The summed E-state index contributed by atoms with van der Waals surface area (Å²) in [5.41, 5.74) is 1.48. The van der Waals surface area contributed by atoms with E-state index in [0.29, 0.717) is 5.69 Å². The van der Waals surface area contributed by atoms with Crippen LogP contribution in [0, 0.1) is 6.92 Å². The second kappa shape index (κ2) is 4.64. The number of rotatable bonds is 2. The van der Waals surface area contributed by atoms with Gasteiger partial charge in [-0.3, -0.25) is 4.55 Å². The highest BCUT2D eigenvalue weighted by Gasteiger charge is 2.22. The van der Waals surface area contributed by atoms with Crippen molar-refractivity contribution in [3.05, 3.63) is 23.8 Å². The number of nitrogens with one attached hydrogen (secondary N) is 1. The molecule has 0 atom stereocenters. The molecule has 0 amide bonds. The van der Waals surface area contributed by atoms with E-state index < -0.39 is 10.1 Å². The molecule has 17 heavy (non-hydrogen) atoms. The topological polar surface area (TPSA) is 69.6 Å². The van der Waals surface area contributed by atoms with Crippen LogP contribution in [0.4, 0.5) is 5.69 Å². The number of hydrogen-bond donors (Lipinski definition) is 2. The van der Waals surface area contributed by atoms with E-state index in [9.17, 15) is 13.0 Å². The van der Waals surface area contributed by atoms with Gasteiger partial charge in [0.1, 0.15) is 4.90 Å². The molecule has 0 aliphatic carbocycles. The number of nitrogens with zero attached hydrogens (tertiary/aromatic N) is 1. The zero-order chi connectivity index (χ0) is 12.5. The lowest BCUT2D eigenvalue weighted by atomic mass is 10.1. The van der Waals surface area contributed by atoms with Crippen LogP contribution in [0.2, 0.25) is 0 Å². The molecule has 1 saturated heterocycles. The number of piperazine rings is 1. The Morgan fingerprint density at radius 2 is 1.94 bits per heavy atom. The van der Waals surface area contributed by atoms with Crippen molar-refractivity contribution in [3.63, 3.8) is 0 Å². The van der Waals surface area contributed by atoms with Crippen LogP contribution >= 0.6 is 0 Å². The fourth-order valence-electron chi connectivity index (χ4n) is 2.13. The molecule has 6 heteroatoms. The fraction of sp³-hybridized carbons (Fsp3) is 0.455. The fourth-order valence-corrected chi connectivity index (χ4v) is 2.92. The average molecular weight is 256 g/mol. The van der Waals surface area contributed by atoms with Gasteiger partial charge in [0.25, 0.3) is 10.1 Å². The minimum absolute atomic E-state index is 0.000556. The Morgan fingerprint density at radius 1 is 1.29 bits per heavy atom. The number of aryl methyl sites for hydroxylation is 1. The molecule has 94 valence electrons. The first-order valence-corrected chi connectivity index (χ1v) is 6.97. The van der Waals surface area contributed by atoms with E-state index in [1.165, 1.54) is 6.07 Å². The summed E-state index contributed by atoms with van der Waals surface area (Å²) in [6.45, 7) is 4.98. The Morgan fingerprint density at radius 3 is 2.53 bits per heavy atom. The van der Waals surface area contributed by atoms with Crippen molar-refractivity contribution in [3.8, 4) is 0 Å². The summed E-state index contributed by atoms with van der Waals surface area (Å²) < 4.78 is 32.0. The first kappa shape index (κ1) is 12.3. The van der Waals surface area contributed by atoms with E-state index in [1.54, 1.807) is 6.07 Å². The summed E-state index contributed by atoms with van der Waals surface area (Å²) in [4.78, 5) is 1.99. The second-order valence-electron chi connectivity index (χ2n) is 4.13. The molecule has 0 aromatic heterocycles. The lowest BCUT2D eigenvalue weighted by molar-refractivity contribution is 0.482. The van der Waals surface area contributed by atoms with Gasteiger partial charge in [-0.2, -0.15) is 8.42 Å². The van der Waals surface area contributed by atoms with Gasteiger partial charge in [0.2, 0.25) is 0 Å².